The van der Waals surface area contributed by atoms with Crippen molar-refractivity contribution < 1.29 is 18.7 Å². The summed E-state index contributed by atoms with van der Waals surface area (Å²) in [6, 6.07) is -0.00269. The summed E-state index contributed by atoms with van der Waals surface area (Å²) < 4.78 is 17.9. The van der Waals surface area contributed by atoms with Gasteiger partial charge in [0.15, 0.2) is 8.32 Å². The molecule has 0 aromatic rings. The van der Waals surface area contributed by atoms with Gasteiger partial charge in [-0.1, -0.05) is 40.2 Å². The van der Waals surface area contributed by atoms with E-state index in [0.717, 1.165) is 25.7 Å². The van der Waals surface area contributed by atoms with Gasteiger partial charge in [0.1, 0.15) is 5.72 Å². The monoisotopic (exact) mass is 413 g/mol. The molecule has 1 saturated heterocycles. The van der Waals surface area contributed by atoms with Crippen molar-refractivity contribution in [1.82, 2.24) is 4.90 Å². The van der Waals surface area contributed by atoms with Crippen molar-refractivity contribution in [3.8, 4) is 0 Å². The van der Waals surface area contributed by atoms with E-state index in [1.165, 1.54) is 0 Å². The molecule has 164 valence electrons. The van der Waals surface area contributed by atoms with Crippen LogP contribution in [0.5, 0.6) is 0 Å². The van der Waals surface area contributed by atoms with Crippen LogP contribution in [0.2, 0.25) is 18.1 Å². The molecule has 0 aromatic heterocycles. The Kier molecular flexibility index (Phi) is 9.23. The van der Waals surface area contributed by atoms with Gasteiger partial charge in [-0.3, -0.25) is 4.90 Å². The van der Waals surface area contributed by atoms with Crippen LogP contribution in [0.25, 0.3) is 0 Å². The molecule has 1 aliphatic heterocycles. The van der Waals surface area contributed by atoms with Gasteiger partial charge in [-0.2, -0.15) is 0 Å². The van der Waals surface area contributed by atoms with E-state index in [-0.39, 0.29) is 17.2 Å². The van der Waals surface area contributed by atoms with Crippen LogP contribution in [0.15, 0.2) is 12.7 Å². The molecular weight excluding hydrogens is 370 g/mol. The molecule has 2 atom stereocenters. The normalized spacial score (nSPS) is 20.9. The summed E-state index contributed by atoms with van der Waals surface area (Å²) in [6.07, 6.45) is 5.25. The summed E-state index contributed by atoms with van der Waals surface area (Å²) >= 11 is 0. The fourth-order valence-electron chi connectivity index (χ4n) is 3.20. The van der Waals surface area contributed by atoms with E-state index in [4.69, 9.17) is 13.9 Å². The highest BCUT2D eigenvalue weighted by atomic mass is 28.4. The maximum atomic E-state index is 12.7. The standard InChI is InChI=1S/C22H43NO4Si/c1-10-12-14-25-20(24)23-19(17-26-22(23,6)7)15-18(13-11-2)16-27-28(8,9)21(3,4)5/h11,18-19H,2,10,12-17H2,1,3-9H3/t18-,19?/m1/s1. The minimum atomic E-state index is -1.81. The van der Waals surface area contributed by atoms with E-state index in [1.54, 1.807) is 4.90 Å². The first-order chi connectivity index (χ1) is 12.9. The van der Waals surface area contributed by atoms with Crippen LogP contribution < -0.4 is 0 Å². The second-order valence-electron chi connectivity index (χ2n) is 9.95. The Morgan fingerprint density at radius 2 is 2.04 bits per heavy atom. The molecule has 0 bridgehead atoms. The van der Waals surface area contributed by atoms with Gasteiger partial charge in [0.05, 0.1) is 19.3 Å². The predicted molar refractivity (Wildman–Crippen MR) is 118 cm³/mol. The second-order valence-corrected chi connectivity index (χ2v) is 14.8. The summed E-state index contributed by atoms with van der Waals surface area (Å²) in [5.41, 5.74) is -0.646. The van der Waals surface area contributed by atoms with E-state index in [0.29, 0.717) is 25.7 Å². The number of unbranched alkanes of at least 4 members (excludes halogenated alkanes) is 1. The van der Waals surface area contributed by atoms with Gasteiger partial charge in [0, 0.05) is 6.61 Å². The predicted octanol–water partition coefficient (Wildman–Crippen LogP) is 5.96. The maximum absolute atomic E-state index is 12.7. The van der Waals surface area contributed by atoms with Gasteiger partial charge in [-0.25, -0.2) is 4.79 Å². The third-order valence-electron chi connectivity index (χ3n) is 6.09. The molecule has 0 N–H and O–H groups in total. The van der Waals surface area contributed by atoms with Crippen LogP contribution in [-0.2, 0) is 13.9 Å². The molecule has 5 nitrogen and oxygen atoms in total. The molecule has 1 heterocycles. The number of carbonyl (C=O) groups excluding carboxylic acids is 1. The van der Waals surface area contributed by atoms with Crippen LogP contribution in [0.4, 0.5) is 4.79 Å². The van der Waals surface area contributed by atoms with E-state index in [2.05, 4.69) is 47.4 Å². The van der Waals surface area contributed by atoms with Crippen molar-refractivity contribution in [2.45, 2.75) is 97.1 Å². The molecule has 1 amide bonds. The number of rotatable bonds is 10. The third-order valence-corrected chi connectivity index (χ3v) is 10.6. The van der Waals surface area contributed by atoms with Crippen molar-refractivity contribution in [2.24, 2.45) is 5.92 Å². The lowest BCUT2D eigenvalue weighted by atomic mass is 9.97. The minimum absolute atomic E-state index is 0.00269. The first-order valence-electron chi connectivity index (χ1n) is 10.7. The minimum Gasteiger partial charge on any atom is -0.449 e. The lowest BCUT2D eigenvalue weighted by molar-refractivity contribution is -0.0488. The summed E-state index contributed by atoms with van der Waals surface area (Å²) in [5.74, 6) is 0.306. The van der Waals surface area contributed by atoms with Crippen molar-refractivity contribution >= 4 is 14.4 Å². The quantitative estimate of drug-likeness (QED) is 0.252. The van der Waals surface area contributed by atoms with Gasteiger partial charge >= 0.3 is 6.09 Å². The zero-order valence-electron chi connectivity index (χ0n) is 19.5. The number of allylic oxidation sites excluding steroid dienone is 1. The third kappa shape index (κ3) is 6.89. The highest BCUT2D eigenvalue weighted by molar-refractivity contribution is 6.74. The fraction of sp³-hybridized carbons (Fsp3) is 0.864. The average molecular weight is 414 g/mol. The van der Waals surface area contributed by atoms with Crippen LogP contribution in [0, 0.1) is 5.92 Å². The van der Waals surface area contributed by atoms with E-state index in [9.17, 15) is 4.79 Å². The van der Waals surface area contributed by atoms with E-state index < -0.39 is 14.0 Å². The zero-order chi connectivity index (χ0) is 21.6. The van der Waals surface area contributed by atoms with Crippen molar-refractivity contribution in [3.63, 3.8) is 0 Å². The lowest BCUT2D eigenvalue weighted by Crippen LogP contribution is -2.49. The van der Waals surface area contributed by atoms with Crippen LogP contribution in [-0.4, -0.2) is 50.9 Å². The molecule has 28 heavy (non-hydrogen) atoms. The van der Waals surface area contributed by atoms with Crippen LogP contribution >= 0.6 is 0 Å². The van der Waals surface area contributed by atoms with Gasteiger partial charge in [-0.05, 0) is 57.2 Å². The van der Waals surface area contributed by atoms with Gasteiger partial charge in [0.25, 0.3) is 0 Å². The highest BCUT2D eigenvalue weighted by Crippen LogP contribution is 2.38. The average Bonchev–Trinajstić information content (AvgIpc) is 2.86. The lowest BCUT2D eigenvalue weighted by Gasteiger charge is -2.38. The molecule has 0 radical (unpaired) electrons. The topological polar surface area (TPSA) is 48.0 Å². The van der Waals surface area contributed by atoms with Gasteiger partial charge in [-0.15, -0.1) is 6.58 Å². The van der Waals surface area contributed by atoms with E-state index >= 15 is 0 Å². The molecule has 1 unspecified atom stereocenters. The summed E-state index contributed by atoms with van der Waals surface area (Å²) in [5, 5.41) is 0.180. The Morgan fingerprint density at radius 1 is 1.39 bits per heavy atom. The first-order valence-corrected chi connectivity index (χ1v) is 13.6. The van der Waals surface area contributed by atoms with E-state index in [1.807, 2.05) is 19.9 Å². The van der Waals surface area contributed by atoms with Gasteiger partial charge in [0.2, 0.25) is 0 Å². The van der Waals surface area contributed by atoms with Crippen molar-refractivity contribution in [2.75, 3.05) is 19.8 Å². The molecule has 0 aliphatic carbocycles. The number of ether oxygens (including phenoxy) is 2. The molecule has 6 heteroatoms. The molecule has 0 saturated carbocycles. The SMILES string of the molecule is C=CC[C@@H](CO[Si](C)(C)C(C)(C)C)CC1COC(C)(C)N1C(=O)OCCCC. The Bertz CT molecular complexity index is 513. The largest absolute Gasteiger partial charge is 0.449 e. The Morgan fingerprint density at radius 3 is 2.57 bits per heavy atom. The van der Waals surface area contributed by atoms with Crippen molar-refractivity contribution in [1.29, 1.82) is 0 Å². The number of nitrogens with zero attached hydrogens (tertiary/aromatic N) is 1. The Balaban J connectivity index is 2.80. The summed E-state index contributed by atoms with van der Waals surface area (Å²) in [4.78, 5) is 14.5. The fourth-order valence-corrected chi connectivity index (χ4v) is 4.28. The molecule has 1 rings (SSSR count). The number of hydrogen-bond donors (Lipinski definition) is 0. The number of hydrogen-bond acceptors (Lipinski definition) is 4. The smallest absolute Gasteiger partial charge is 0.412 e. The zero-order valence-corrected chi connectivity index (χ0v) is 20.5. The molecule has 1 fully saturated rings. The van der Waals surface area contributed by atoms with Crippen LogP contribution in [0.3, 0.4) is 0 Å². The molecule has 1 aliphatic rings. The summed E-state index contributed by atoms with van der Waals surface area (Å²) in [6.45, 7) is 22.9. The summed E-state index contributed by atoms with van der Waals surface area (Å²) in [7, 11) is -1.81. The second kappa shape index (κ2) is 10.3. The van der Waals surface area contributed by atoms with Crippen LogP contribution in [0.1, 0.15) is 67.2 Å². The Labute approximate surface area is 173 Å². The van der Waals surface area contributed by atoms with Crippen molar-refractivity contribution in [3.05, 3.63) is 12.7 Å². The number of amides is 1. The first kappa shape index (κ1) is 25.2. The van der Waals surface area contributed by atoms with Gasteiger partial charge < -0.3 is 13.9 Å². The maximum Gasteiger partial charge on any atom is 0.412 e. The highest BCUT2D eigenvalue weighted by Gasteiger charge is 2.45. The molecular formula is C22H43NO4Si. The Hall–Kier alpha value is -0.853. The number of carbonyl (C=O) groups is 1. The molecule has 0 spiro atoms. The molecule has 0 aromatic carbocycles.